The maximum atomic E-state index is 5.05. The van der Waals surface area contributed by atoms with E-state index in [1.54, 1.807) is 0 Å². The summed E-state index contributed by atoms with van der Waals surface area (Å²) in [7, 11) is 4.20. The Bertz CT molecular complexity index is 2700. The standard InChI is InChI=1S/C41H29N5/c1-44-36-16-7-5-14-34(36)42-40(44)26-11-9-12-29(21-26)46-38-23-27(41-43-35-15-6-8-17-37(35)45(41)2)18-19-31(38)33-22-28-20-25-10-3-4-13-30(25)32(28)24-39(33)46/h3-19,21-24H,20H2,1-2H3. The Morgan fingerprint density at radius 1 is 0.478 bits per heavy atom. The quantitative estimate of drug-likeness (QED) is 0.205. The smallest absolute Gasteiger partial charge is 0.140 e. The number of fused-ring (bicyclic) bond motifs is 8. The van der Waals surface area contributed by atoms with Crippen LogP contribution in [0.2, 0.25) is 0 Å². The number of imidazole rings is 2. The zero-order chi connectivity index (χ0) is 30.5. The first-order chi connectivity index (χ1) is 22.6. The van der Waals surface area contributed by atoms with Crippen LogP contribution >= 0.6 is 0 Å². The van der Waals surface area contributed by atoms with Gasteiger partial charge in [0.1, 0.15) is 11.6 Å². The first-order valence-electron chi connectivity index (χ1n) is 15.8. The second-order valence-electron chi connectivity index (χ2n) is 12.4. The van der Waals surface area contributed by atoms with E-state index < -0.39 is 0 Å². The monoisotopic (exact) mass is 591 g/mol. The van der Waals surface area contributed by atoms with E-state index >= 15 is 0 Å². The number of para-hydroxylation sites is 4. The number of hydrogen-bond donors (Lipinski definition) is 0. The van der Waals surface area contributed by atoms with Gasteiger partial charge in [-0.15, -0.1) is 0 Å². The van der Waals surface area contributed by atoms with Crippen LogP contribution in [0.15, 0.2) is 127 Å². The molecule has 0 bridgehead atoms. The van der Waals surface area contributed by atoms with Crippen molar-refractivity contribution < 1.29 is 0 Å². The Hall–Kier alpha value is -5.94. The molecule has 46 heavy (non-hydrogen) atoms. The lowest BCUT2D eigenvalue weighted by Gasteiger charge is -2.12. The van der Waals surface area contributed by atoms with Gasteiger partial charge in [-0.3, -0.25) is 0 Å². The summed E-state index contributed by atoms with van der Waals surface area (Å²) in [5, 5.41) is 2.51. The van der Waals surface area contributed by atoms with Gasteiger partial charge in [0.25, 0.3) is 0 Å². The van der Waals surface area contributed by atoms with Gasteiger partial charge in [-0.2, -0.15) is 0 Å². The maximum absolute atomic E-state index is 5.05. The lowest BCUT2D eigenvalue weighted by molar-refractivity contribution is 0.958. The average Bonchev–Trinajstić information content (AvgIpc) is 3.83. The van der Waals surface area contributed by atoms with Crippen LogP contribution in [-0.4, -0.2) is 23.7 Å². The topological polar surface area (TPSA) is 40.6 Å². The summed E-state index contributed by atoms with van der Waals surface area (Å²) >= 11 is 0. The van der Waals surface area contributed by atoms with Crippen LogP contribution in [0.25, 0.3) is 83.5 Å². The van der Waals surface area contributed by atoms with Crippen LogP contribution in [0.1, 0.15) is 11.1 Å². The molecule has 10 rings (SSSR count). The molecule has 1 aliphatic carbocycles. The number of benzene rings is 6. The normalized spacial score (nSPS) is 12.5. The van der Waals surface area contributed by atoms with E-state index in [1.165, 1.54) is 44.1 Å². The Morgan fingerprint density at radius 3 is 1.87 bits per heavy atom. The van der Waals surface area contributed by atoms with Gasteiger partial charge in [0.15, 0.2) is 0 Å². The number of nitrogens with zero attached hydrogens (tertiary/aromatic N) is 5. The maximum Gasteiger partial charge on any atom is 0.140 e. The van der Waals surface area contributed by atoms with Crippen LogP contribution in [0.4, 0.5) is 0 Å². The van der Waals surface area contributed by atoms with Crippen molar-refractivity contribution in [2.75, 3.05) is 0 Å². The molecule has 0 N–H and O–H groups in total. The van der Waals surface area contributed by atoms with E-state index in [2.05, 4.69) is 149 Å². The molecule has 0 saturated carbocycles. The van der Waals surface area contributed by atoms with Crippen LogP contribution in [-0.2, 0) is 20.5 Å². The Balaban J connectivity index is 1.25. The van der Waals surface area contributed by atoms with Crippen LogP contribution in [0, 0.1) is 0 Å². The molecule has 0 spiro atoms. The first-order valence-corrected chi connectivity index (χ1v) is 15.8. The van der Waals surface area contributed by atoms with Crippen LogP contribution in [0.5, 0.6) is 0 Å². The van der Waals surface area contributed by atoms with Crippen molar-refractivity contribution >= 4 is 43.9 Å². The Labute approximate surface area is 265 Å². The van der Waals surface area contributed by atoms with E-state index in [0.717, 1.165) is 57.0 Å². The van der Waals surface area contributed by atoms with Gasteiger partial charge in [0.2, 0.25) is 0 Å². The highest BCUT2D eigenvalue weighted by atomic mass is 15.1. The number of aryl methyl sites for hydroxylation is 2. The van der Waals surface area contributed by atoms with Crippen molar-refractivity contribution in [2.24, 2.45) is 14.1 Å². The van der Waals surface area contributed by atoms with Gasteiger partial charge in [-0.1, -0.05) is 72.8 Å². The first kappa shape index (κ1) is 25.4. The summed E-state index contributed by atoms with van der Waals surface area (Å²) in [6.07, 6.45) is 0.967. The Morgan fingerprint density at radius 2 is 1.13 bits per heavy atom. The molecular weight excluding hydrogens is 562 g/mol. The molecule has 3 heterocycles. The molecule has 5 heteroatoms. The molecule has 6 aromatic carbocycles. The van der Waals surface area contributed by atoms with Gasteiger partial charge in [-0.25, -0.2) is 9.97 Å². The predicted molar refractivity (Wildman–Crippen MR) is 188 cm³/mol. The molecule has 5 nitrogen and oxygen atoms in total. The summed E-state index contributed by atoms with van der Waals surface area (Å²) in [5.41, 5.74) is 15.4. The van der Waals surface area contributed by atoms with Gasteiger partial charge in [-0.05, 0) is 83.3 Å². The molecule has 0 aliphatic heterocycles. The van der Waals surface area contributed by atoms with Crippen molar-refractivity contribution in [2.45, 2.75) is 6.42 Å². The van der Waals surface area contributed by atoms with Gasteiger partial charge in [0, 0.05) is 41.7 Å². The molecule has 0 radical (unpaired) electrons. The zero-order valence-corrected chi connectivity index (χ0v) is 25.6. The molecule has 0 fully saturated rings. The minimum absolute atomic E-state index is 0.957. The van der Waals surface area contributed by atoms with Crippen molar-refractivity contribution in [1.29, 1.82) is 0 Å². The fraction of sp³-hybridized carbons (Fsp3) is 0.0732. The van der Waals surface area contributed by atoms with Crippen molar-refractivity contribution in [3.8, 4) is 39.6 Å². The fourth-order valence-electron chi connectivity index (χ4n) is 7.66. The van der Waals surface area contributed by atoms with E-state index in [0.29, 0.717) is 0 Å². The molecule has 3 aromatic heterocycles. The third-order valence-corrected chi connectivity index (χ3v) is 9.87. The number of hydrogen-bond acceptors (Lipinski definition) is 2. The molecule has 0 saturated heterocycles. The molecule has 0 unspecified atom stereocenters. The molecule has 0 atom stereocenters. The zero-order valence-electron chi connectivity index (χ0n) is 25.6. The highest BCUT2D eigenvalue weighted by Gasteiger charge is 2.23. The summed E-state index contributed by atoms with van der Waals surface area (Å²) in [6.45, 7) is 0. The Kier molecular flexibility index (Phi) is 5.13. The van der Waals surface area contributed by atoms with Crippen molar-refractivity contribution in [3.63, 3.8) is 0 Å². The molecule has 9 aromatic rings. The average molecular weight is 592 g/mol. The van der Waals surface area contributed by atoms with E-state index in [4.69, 9.17) is 9.97 Å². The lowest BCUT2D eigenvalue weighted by Crippen LogP contribution is -1.98. The second kappa shape index (κ2) is 9.29. The number of aromatic nitrogens is 5. The third-order valence-electron chi connectivity index (χ3n) is 9.87. The largest absolute Gasteiger partial charge is 0.327 e. The molecule has 0 amide bonds. The summed E-state index contributed by atoms with van der Waals surface area (Å²) in [6, 6.07) is 46.0. The van der Waals surface area contributed by atoms with Gasteiger partial charge in [0.05, 0.1) is 33.1 Å². The molecule has 218 valence electrons. The highest BCUT2D eigenvalue weighted by Crippen LogP contribution is 2.43. The van der Waals surface area contributed by atoms with E-state index in [1.807, 2.05) is 6.07 Å². The summed E-state index contributed by atoms with van der Waals surface area (Å²) in [4.78, 5) is 10.1. The third kappa shape index (κ3) is 3.51. The lowest BCUT2D eigenvalue weighted by atomic mass is 10.0. The van der Waals surface area contributed by atoms with Crippen molar-refractivity contribution in [1.82, 2.24) is 23.7 Å². The van der Waals surface area contributed by atoms with Gasteiger partial charge < -0.3 is 13.7 Å². The summed E-state index contributed by atoms with van der Waals surface area (Å²) < 4.78 is 6.82. The second-order valence-corrected chi connectivity index (χ2v) is 12.4. The van der Waals surface area contributed by atoms with Crippen LogP contribution < -0.4 is 0 Å². The molecular formula is C41H29N5. The predicted octanol–water partition coefficient (Wildman–Crippen LogP) is 9.46. The summed E-state index contributed by atoms with van der Waals surface area (Å²) in [5.74, 6) is 1.92. The SMILES string of the molecule is Cn1c(-c2cccc(-n3c4cc(-c5nc6ccccc6n5C)ccc4c4cc5c(cc43)-c3ccccc3C5)c2)nc2ccccc21. The number of rotatable bonds is 3. The van der Waals surface area contributed by atoms with E-state index in [9.17, 15) is 0 Å². The van der Waals surface area contributed by atoms with Crippen LogP contribution in [0.3, 0.4) is 0 Å². The van der Waals surface area contributed by atoms with E-state index in [-0.39, 0.29) is 0 Å². The highest BCUT2D eigenvalue weighted by molar-refractivity contribution is 6.12. The minimum Gasteiger partial charge on any atom is -0.327 e. The van der Waals surface area contributed by atoms with Crippen molar-refractivity contribution in [3.05, 3.63) is 139 Å². The minimum atomic E-state index is 0.957. The molecule has 1 aliphatic rings. The fourth-order valence-corrected chi connectivity index (χ4v) is 7.66. The van der Waals surface area contributed by atoms with Gasteiger partial charge >= 0.3 is 0 Å².